The Morgan fingerprint density at radius 1 is 1.00 bits per heavy atom. The molecule has 0 aliphatic heterocycles. The Hall–Kier alpha value is -1.41. The molecule has 74 valence electrons. The summed E-state index contributed by atoms with van der Waals surface area (Å²) in [5, 5.41) is 0. The van der Waals surface area contributed by atoms with Gasteiger partial charge in [-0.15, -0.1) is 0 Å². The van der Waals surface area contributed by atoms with E-state index in [0.29, 0.717) is 0 Å². The Morgan fingerprint density at radius 2 is 1.93 bits per heavy atom. The number of pyridine rings is 1. The third-order valence-electron chi connectivity index (χ3n) is 1.98. The molecule has 1 aromatic heterocycles. The zero-order valence-electron chi connectivity index (χ0n) is 8.10. The van der Waals surface area contributed by atoms with Crippen molar-refractivity contribution in [1.29, 1.82) is 0 Å². The number of nitrogens with zero attached hydrogens (tertiary/aromatic N) is 1. The molecule has 0 aliphatic carbocycles. The van der Waals surface area contributed by atoms with E-state index in [1.807, 2.05) is 42.5 Å². The fourth-order valence-corrected chi connectivity index (χ4v) is 1.68. The highest BCUT2D eigenvalue weighted by Gasteiger charge is 1.89. The van der Waals surface area contributed by atoms with Gasteiger partial charge in [-0.1, -0.05) is 40.2 Å². The summed E-state index contributed by atoms with van der Waals surface area (Å²) in [7, 11) is 0. The van der Waals surface area contributed by atoms with E-state index < -0.39 is 0 Å². The number of aromatic nitrogens is 1. The second kappa shape index (κ2) is 4.89. The maximum atomic E-state index is 4.22. The van der Waals surface area contributed by atoms with Crippen LogP contribution in [0.4, 0.5) is 0 Å². The van der Waals surface area contributed by atoms with Gasteiger partial charge in [-0.2, -0.15) is 0 Å². The van der Waals surface area contributed by atoms with Crippen LogP contribution in [0, 0.1) is 0 Å². The summed E-state index contributed by atoms with van der Waals surface area (Å²) in [6.45, 7) is 0. The summed E-state index contributed by atoms with van der Waals surface area (Å²) in [5.74, 6) is 0. The van der Waals surface area contributed by atoms with Crippen LogP contribution in [0.2, 0.25) is 0 Å². The molecule has 1 nitrogen and oxygen atoms in total. The standard InChI is InChI=1S/C13H10BrN/c14-12-5-3-4-11(10-12)7-8-13-6-1-2-9-15-13/h1-10H/b8-7+. The van der Waals surface area contributed by atoms with Crippen LogP contribution in [-0.4, -0.2) is 4.98 Å². The molecule has 2 rings (SSSR count). The van der Waals surface area contributed by atoms with Crippen LogP contribution in [-0.2, 0) is 0 Å². The first-order valence-corrected chi connectivity index (χ1v) is 5.48. The quantitative estimate of drug-likeness (QED) is 0.794. The average Bonchev–Trinajstić information content (AvgIpc) is 2.28. The van der Waals surface area contributed by atoms with E-state index in [0.717, 1.165) is 15.7 Å². The molecule has 15 heavy (non-hydrogen) atoms. The van der Waals surface area contributed by atoms with Crippen molar-refractivity contribution in [1.82, 2.24) is 4.98 Å². The van der Waals surface area contributed by atoms with Crippen molar-refractivity contribution in [2.45, 2.75) is 0 Å². The van der Waals surface area contributed by atoms with Gasteiger partial charge in [-0.25, -0.2) is 0 Å². The maximum Gasteiger partial charge on any atom is 0.0629 e. The molecule has 2 heteroatoms. The zero-order valence-corrected chi connectivity index (χ0v) is 9.68. The van der Waals surface area contributed by atoms with Gasteiger partial charge in [0.05, 0.1) is 5.69 Å². The van der Waals surface area contributed by atoms with Crippen molar-refractivity contribution >= 4 is 28.1 Å². The molecular formula is C13H10BrN. The van der Waals surface area contributed by atoms with Crippen LogP contribution in [0.1, 0.15) is 11.3 Å². The fraction of sp³-hybridized carbons (Fsp3) is 0. The number of benzene rings is 1. The van der Waals surface area contributed by atoms with E-state index in [-0.39, 0.29) is 0 Å². The van der Waals surface area contributed by atoms with E-state index in [9.17, 15) is 0 Å². The largest absolute Gasteiger partial charge is 0.257 e. The molecule has 0 bridgehead atoms. The minimum atomic E-state index is 0.970. The van der Waals surface area contributed by atoms with Crippen molar-refractivity contribution in [2.75, 3.05) is 0 Å². The number of halogens is 1. The van der Waals surface area contributed by atoms with Gasteiger partial charge in [0.15, 0.2) is 0 Å². The van der Waals surface area contributed by atoms with Crippen LogP contribution in [0.25, 0.3) is 12.2 Å². The summed E-state index contributed by atoms with van der Waals surface area (Å²) < 4.78 is 1.09. The molecule has 0 saturated carbocycles. The van der Waals surface area contributed by atoms with Crippen LogP contribution in [0.5, 0.6) is 0 Å². The van der Waals surface area contributed by atoms with E-state index in [1.54, 1.807) is 6.20 Å². The molecule has 0 fully saturated rings. The molecule has 0 amide bonds. The van der Waals surface area contributed by atoms with Crippen LogP contribution in [0.3, 0.4) is 0 Å². The number of hydrogen-bond acceptors (Lipinski definition) is 1. The van der Waals surface area contributed by atoms with Crippen molar-refractivity contribution in [3.63, 3.8) is 0 Å². The first-order chi connectivity index (χ1) is 7.34. The van der Waals surface area contributed by atoms with Crippen molar-refractivity contribution in [3.8, 4) is 0 Å². The lowest BCUT2D eigenvalue weighted by molar-refractivity contribution is 1.30. The lowest BCUT2D eigenvalue weighted by Crippen LogP contribution is -1.76. The Morgan fingerprint density at radius 3 is 2.67 bits per heavy atom. The van der Waals surface area contributed by atoms with Crippen molar-refractivity contribution < 1.29 is 0 Å². The van der Waals surface area contributed by atoms with Crippen LogP contribution >= 0.6 is 15.9 Å². The van der Waals surface area contributed by atoms with E-state index in [1.165, 1.54) is 0 Å². The Labute approximate surface area is 97.6 Å². The summed E-state index contributed by atoms with van der Waals surface area (Å²) in [6.07, 6.45) is 5.84. The lowest BCUT2D eigenvalue weighted by atomic mass is 10.2. The van der Waals surface area contributed by atoms with Crippen LogP contribution in [0.15, 0.2) is 53.1 Å². The van der Waals surface area contributed by atoms with E-state index in [2.05, 4.69) is 33.0 Å². The highest BCUT2D eigenvalue weighted by Crippen LogP contribution is 2.13. The number of rotatable bonds is 2. The van der Waals surface area contributed by atoms with Gasteiger partial charge >= 0.3 is 0 Å². The monoisotopic (exact) mass is 259 g/mol. The smallest absolute Gasteiger partial charge is 0.0629 e. The van der Waals surface area contributed by atoms with E-state index in [4.69, 9.17) is 0 Å². The van der Waals surface area contributed by atoms with Crippen molar-refractivity contribution in [3.05, 3.63) is 64.4 Å². The maximum absolute atomic E-state index is 4.22. The van der Waals surface area contributed by atoms with E-state index >= 15 is 0 Å². The predicted molar refractivity (Wildman–Crippen MR) is 67.3 cm³/mol. The van der Waals surface area contributed by atoms with Gasteiger partial charge in [-0.05, 0) is 35.9 Å². The van der Waals surface area contributed by atoms with Gasteiger partial charge < -0.3 is 0 Å². The molecule has 0 N–H and O–H groups in total. The molecule has 0 aliphatic rings. The second-order valence-corrected chi connectivity index (χ2v) is 4.06. The first-order valence-electron chi connectivity index (χ1n) is 4.69. The molecule has 0 radical (unpaired) electrons. The minimum absolute atomic E-state index is 0.970. The summed E-state index contributed by atoms with van der Waals surface area (Å²) in [6, 6.07) is 14.0. The molecule has 2 aromatic rings. The van der Waals surface area contributed by atoms with Gasteiger partial charge in [-0.3, -0.25) is 4.98 Å². The summed E-state index contributed by atoms with van der Waals surface area (Å²) in [5.41, 5.74) is 2.13. The third-order valence-corrected chi connectivity index (χ3v) is 2.48. The van der Waals surface area contributed by atoms with Crippen LogP contribution < -0.4 is 0 Å². The highest BCUT2D eigenvalue weighted by molar-refractivity contribution is 9.10. The molecule has 0 saturated heterocycles. The Bertz CT molecular complexity index is 463. The zero-order chi connectivity index (χ0) is 10.5. The Kier molecular flexibility index (Phi) is 3.30. The van der Waals surface area contributed by atoms with Gasteiger partial charge in [0.2, 0.25) is 0 Å². The molecule has 0 spiro atoms. The third kappa shape index (κ3) is 3.03. The molecule has 0 atom stereocenters. The van der Waals surface area contributed by atoms with Gasteiger partial charge in [0, 0.05) is 10.7 Å². The SMILES string of the molecule is Brc1cccc(/C=C/c2ccccn2)c1. The second-order valence-electron chi connectivity index (χ2n) is 3.14. The van der Waals surface area contributed by atoms with Gasteiger partial charge in [0.25, 0.3) is 0 Å². The average molecular weight is 260 g/mol. The summed E-state index contributed by atoms with van der Waals surface area (Å²) >= 11 is 3.44. The minimum Gasteiger partial charge on any atom is -0.257 e. The Balaban J connectivity index is 2.19. The molecule has 1 heterocycles. The molecular weight excluding hydrogens is 250 g/mol. The van der Waals surface area contributed by atoms with Gasteiger partial charge in [0.1, 0.15) is 0 Å². The molecule has 1 aromatic carbocycles. The lowest BCUT2D eigenvalue weighted by Gasteiger charge is -1.94. The fourth-order valence-electron chi connectivity index (χ4n) is 1.27. The predicted octanol–water partition coefficient (Wildman–Crippen LogP) is 4.01. The summed E-state index contributed by atoms with van der Waals surface area (Å²) in [4.78, 5) is 4.22. The first kappa shape index (κ1) is 10.1. The highest BCUT2D eigenvalue weighted by atomic mass is 79.9. The molecule has 0 unspecified atom stereocenters. The normalized spacial score (nSPS) is 10.7. The topological polar surface area (TPSA) is 12.9 Å². The van der Waals surface area contributed by atoms with Crippen molar-refractivity contribution in [2.24, 2.45) is 0 Å². The number of hydrogen-bond donors (Lipinski definition) is 0.